The maximum absolute atomic E-state index is 10.7. The van der Waals surface area contributed by atoms with Gasteiger partial charge in [-0.1, -0.05) is 12.7 Å². The Morgan fingerprint density at radius 1 is 1.60 bits per heavy atom. The minimum absolute atomic E-state index is 0.0249. The van der Waals surface area contributed by atoms with Crippen LogP contribution >= 0.6 is 0 Å². The summed E-state index contributed by atoms with van der Waals surface area (Å²) >= 11 is 0. The second kappa shape index (κ2) is 4.79. The van der Waals surface area contributed by atoms with Crippen LogP contribution in [-0.2, 0) is 4.79 Å². The molecule has 0 N–H and O–H groups in total. The Bertz CT molecular complexity index is 140. The van der Waals surface area contributed by atoms with Crippen molar-refractivity contribution in [2.45, 2.75) is 13.3 Å². The molecule has 2 heteroatoms. The fourth-order valence-corrected chi connectivity index (χ4v) is 0.608. The van der Waals surface area contributed by atoms with Gasteiger partial charge in [-0.3, -0.25) is 4.79 Å². The van der Waals surface area contributed by atoms with Crippen LogP contribution in [0.4, 0.5) is 0 Å². The van der Waals surface area contributed by atoms with Gasteiger partial charge in [0.05, 0.1) is 0 Å². The molecular weight excluding hydrogens is 126 g/mol. The molecule has 1 amide bonds. The van der Waals surface area contributed by atoms with E-state index in [9.17, 15) is 4.79 Å². The number of rotatable bonds is 4. The van der Waals surface area contributed by atoms with Gasteiger partial charge in [0.1, 0.15) is 0 Å². The molecule has 0 aliphatic rings. The molecule has 0 spiro atoms. The van der Waals surface area contributed by atoms with Crippen LogP contribution in [0.2, 0.25) is 0 Å². The Morgan fingerprint density at radius 2 is 2.20 bits per heavy atom. The Morgan fingerprint density at radius 3 is 2.50 bits per heavy atom. The molecule has 56 valence electrons. The third-order valence-corrected chi connectivity index (χ3v) is 1.20. The number of hydrogen-bond donors (Lipinski definition) is 0. The second-order valence-electron chi connectivity index (χ2n) is 1.97. The van der Waals surface area contributed by atoms with E-state index in [1.165, 1.54) is 13.1 Å². The van der Waals surface area contributed by atoms with Crippen LogP contribution < -0.4 is 0 Å². The minimum Gasteiger partial charge on any atom is -0.320 e. The van der Waals surface area contributed by atoms with Gasteiger partial charge in [-0.15, -0.1) is 6.58 Å². The zero-order valence-electron chi connectivity index (χ0n) is 6.34. The second-order valence-corrected chi connectivity index (χ2v) is 1.97. The van der Waals surface area contributed by atoms with Crippen molar-refractivity contribution in [3.8, 4) is 0 Å². The smallest absolute Gasteiger partial charge is 0.223 e. The summed E-state index contributed by atoms with van der Waals surface area (Å²) in [5, 5.41) is 0. The summed E-state index contributed by atoms with van der Waals surface area (Å²) in [6, 6.07) is 0. The van der Waals surface area contributed by atoms with E-state index in [1.807, 2.05) is 0 Å². The largest absolute Gasteiger partial charge is 0.320 e. The van der Waals surface area contributed by atoms with Crippen molar-refractivity contribution >= 4 is 5.91 Å². The fraction of sp³-hybridized carbons (Fsp3) is 0.375. The molecule has 0 saturated carbocycles. The molecule has 0 aliphatic heterocycles. The number of hydrogen-bond acceptors (Lipinski definition) is 1. The standard InChI is InChI=1S/C8H13NO/c1-4-6-7-9(5-2)8(3)10/h4-5H,1-2,6-7H2,3H3. The van der Waals surface area contributed by atoms with Gasteiger partial charge >= 0.3 is 0 Å². The molecule has 0 unspecified atom stereocenters. The zero-order valence-corrected chi connectivity index (χ0v) is 6.34. The Balaban J connectivity index is 3.71. The summed E-state index contributed by atoms with van der Waals surface area (Å²) < 4.78 is 0. The lowest BCUT2D eigenvalue weighted by atomic mass is 10.4. The van der Waals surface area contributed by atoms with E-state index in [2.05, 4.69) is 13.2 Å². The molecule has 2 nitrogen and oxygen atoms in total. The van der Waals surface area contributed by atoms with Gasteiger partial charge in [0.2, 0.25) is 5.91 Å². The van der Waals surface area contributed by atoms with Gasteiger partial charge in [0.15, 0.2) is 0 Å². The molecule has 10 heavy (non-hydrogen) atoms. The highest BCUT2D eigenvalue weighted by Crippen LogP contribution is 1.92. The predicted molar refractivity (Wildman–Crippen MR) is 42.4 cm³/mol. The van der Waals surface area contributed by atoms with Gasteiger partial charge in [-0.25, -0.2) is 0 Å². The molecule has 0 saturated heterocycles. The molecule has 0 aromatic rings. The first kappa shape index (κ1) is 8.95. The molecule has 0 atom stereocenters. The van der Waals surface area contributed by atoms with E-state index in [-0.39, 0.29) is 5.91 Å². The summed E-state index contributed by atoms with van der Waals surface area (Å²) in [6.45, 7) is 9.26. The maximum Gasteiger partial charge on any atom is 0.223 e. The number of carbonyl (C=O) groups excluding carboxylic acids is 1. The molecule has 0 radical (unpaired) electrons. The van der Waals surface area contributed by atoms with Crippen molar-refractivity contribution in [2.24, 2.45) is 0 Å². The highest BCUT2D eigenvalue weighted by Gasteiger charge is 2.00. The third kappa shape index (κ3) is 3.07. The van der Waals surface area contributed by atoms with Crippen LogP contribution in [0.15, 0.2) is 25.4 Å². The van der Waals surface area contributed by atoms with E-state index < -0.39 is 0 Å². The number of nitrogens with zero attached hydrogens (tertiary/aromatic N) is 1. The molecule has 0 bridgehead atoms. The zero-order chi connectivity index (χ0) is 7.98. The van der Waals surface area contributed by atoms with Crippen LogP contribution in [0, 0.1) is 0 Å². The van der Waals surface area contributed by atoms with E-state index in [1.54, 1.807) is 11.0 Å². The summed E-state index contributed by atoms with van der Waals surface area (Å²) in [5.41, 5.74) is 0. The van der Waals surface area contributed by atoms with Crippen molar-refractivity contribution in [2.75, 3.05) is 6.54 Å². The van der Waals surface area contributed by atoms with Crippen LogP contribution in [0.3, 0.4) is 0 Å². The molecule has 0 fully saturated rings. The van der Waals surface area contributed by atoms with Gasteiger partial charge < -0.3 is 4.90 Å². The predicted octanol–water partition coefficient (Wildman–Crippen LogP) is 1.55. The topological polar surface area (TPSA) is 20.3 Å². The van der Waals surface area contributed by atoms with Crippen molar-refractivity contribution < 1.29 is 4.79 Å². The lowest BCUT2D eigenvalue weighted by Crippen LogP contribution is -2.22. The first-order valence-electron chi connectivity index (χ1n) is 3.23. The van der Waals surface area contributed by atoms with E-state index >= 15 is 0 Å². The first-order chi connectivity index (χ1) is 4.72. The normalized spacial score (nSPS) is 8.50. The van der Waals surface area contributed by atoms with Crippen LogP contribution in [-0.4, -0.2) is 17.4 Å². The van der Waals surface area contributed by atoms with Gasteiger partial charge in [-0.05, 0) is 12.6 Å². The molecule has 0 rings (SSSR count). The van der Waals surface area contributed by atoms with Gasteiger partial charge in [0, 0.05) is 13.5 Å². The third-order valence-electron chi connectivity index (χ3n) is 1.20. The first-order valence-corrected chi connectivity index (χ1v) is 3.23. The molecule has 0 heterocycles. The van der Waals surface area contributed by atoms with Crippen LogP contribution in [0.5, 0.6) is 0 Å². The molecule has 0 aliphatic carbocycles. The van der Waals surface area contributed by atoms with Gasteiger partial charge in [-0.2, -0.15) is 0 Å². The Kier molecular flexibility index (Phi) is 4.29. The molecular formula is C8H13NO. The summed E-state index contributed by atoms with van der Waals surface area (Å²) in [5.74, 6) is 0.0249. The van der Waals surface area contributed by atoms with E-state index in [4.69, 9.17) is 0 Å². The van der Waals surface area contributed by atoms with Crippen LogP contribution in [0.25, 0.3) is 0 Å². The lowest BCUT2D eigenvalue weighted by Gasteiger charge is -2.13. The lowest BCUT2D eigenvalue weighted by molar-refractivity contribution is -0.126. The SMILES string of the molecule is C=CCCN(C=C)C(C)=O. The summed E-state index contributed by atoms with van der Waals surface area (Å²) in [7, 11) is 0. The quantitative estimate of drug-likeness (QED) is 0.541. The van der Waals surface area contributed by atoms with Gasteiger partial charge in [0.25, 0.3) is 0 Å². The number of amides is 1. The van der Waals surface area contributed by atoms with E-state index in [0.717, 1.165) is 6.42 Å². The summed E-state index contributed by atoms with van der Waals surface area (Å²) in [6.07, 6.45) is 4.12. The van der Waals surface area contributed by atoms with Crippen molar-refractivity contribution in [1.82, 2.24) is 4.90 Å². The summed E-state index contributed by atoms with van der Waals surface area (Å²) in [4.78, 5) is 12.3. The molecule has 0 aromatic carbocycles. The van der Waals surface area contributed by atoms with Crippen molar-refractivity contribution in [3.63, 3.8) is 0 Å². The highest BCUT2D eigenvalue weighted by atomic mass is 16.2. The molecule has 0 aromatic heterocycles. The fourth-order valence-electron chi connectivity index (χ4n) is 0.608. The van der Waals surface area contributed by atoms with Crippen molar-refractivity contribution in [3.05, 3.63) is 25.4 Å². The van der Waals surface area contributed by atoms with Crippen molar-refractivity contribution in [1.29, 1.82) is 0 Å². The van der Waals surface area contributed by atoms with Crippen LogP contribution in [0.1, 0.15) is 13.3 Å². The van der Waals surface area contributed by atoms with E-state index in [0.29, 0.717) is 6.54 Å². The monoisotopic (exact) mass is 139 g/mol. The highest BCUT2D eigenvalue weighted by molar-refractivity contribution is 5.74. The number of carbonyl (C=O) groups is 1. The maximum atomic E-state index is 10.7. The average molecular weight is 139 g/mol. The minimum atomic E-state index is 0.0249. The Labute approximate surface area is 61.8 Å². The Hall–Kier alpha value is -1.05. The average Bonchev–Trinajstić information content (AvgIpc) is 1.89.